The molecule has 0 saturated carbocycles. The van der Waals surface area contributed by atoms with Crippen molar-refractivity contribution in [3.63, 3.8) is 0 Å². The average Bonchev–Trinajstić information content (AvgIpc) is 2.71. The van der Waals surface area contributed by atoms with Crippen LogP contribution < -0.4 is 0 Å². The first-order chi connectivity index (χ1) is 9.84. The van der Waals surface area contributed by atoms with Gasteiger partial charge in [0.2, 0.25) is 0 Å². The zero-order valence-electron chi connectivity index (χ0n) is 14.4. The summed E-state index contributed by atoms with van der Waals surface area (Å²) in [7, 11) is 0. The Morgan fingerprint density at radius 3 is 2.57 bits per heavy atom. The first-order valence-corrected chi connectivity index (χ1v) is 8.54. The molecule has 0 aliphatic heterocycles. The van der Waals surface area contributed by atoms with Crippen molar-refractivity contribution in [1.82, 2.24) is 0 Å². The largest absolute Gasteiger partial charge is 0.389 e. The molecule has 0 aromatic carbocycles. The molecular formula is C20H32O. The van der Waals surface area contributed by atoms with Crippen LogP contribution in [0.1, 0.15) is 66.7 Å². The minimum Gasteiger partial charge on any atom is -0.389 e. The highest BCUT2D eigenvalue weighted by atomic mass is 16.3. The quantitative estimate of drug-likeness (QED) is 0.638. The maximum absolute atomic E-state index is 10.7. The molecule has 0 aromatic rings. The van der Waals surface area contributed by atoms with Crippen LogP contribution in [0, 0.1) is 17.3 Å². The van der Waals surface area contributed by atoms with E-state index < -0.39 is 0 Å². The van der Waals surface area contributed by atoms with Crippen molar-refractivity contribution in [1.29, 1.82) is 0 Å². The van der Waals surface area contributed by atoms with Crippen LogP contribution in [0.2, 0.25) is 0 Å². The summed E-state index contributed by atoms with van der Waals surface area (Å²) in [5.74, 6) is 1.32. The van der Waals surface area contributed by atoms with Gasteiger partial charge in [-0.1, -0.05) is 50.1 Å². The summed E-state index contributed by atoms with van der Waals surface area (Å²) in [5.41, 5.74) is 4.32. The molecule has 2 aliphatic carbocycles. The lowest BCUT2D eigenvalue weighted by Crippen LogP contribution is -2.33. The predicted molar refractivity (Wildman–Crippen MR) is 91.1 cm³/mol. The van der Waals surface area contributed by atoms with Gasteiger partial charge in [-0.2, -0.15) is 0 Å². The van der Waals surface area contributed by atoms with Gasteiger partial charge in [-0.3, -0.25) is 0 Å². The fourth-order valence-electron chi connectivity index (χ4n) is 4.22. The Bertz CT molecular complexity index is 466. The molecule has 2 aliphatic rings. The fourth-order valence-corrected chi connectivity index (χ4v) is 4.22. The lowest BCUT2D eigenvalue weighted by molar-refractivity contribution is 0.101. The zero-order valence-corrected chi connectivity index (χ0v) is 14.4. The monoisotopic (exact) mass is 288 g/mol. The van der Waals surface area contributed by atoms with Crippen molar-refractivity contribution in [3.05, 3.63) is 34.9 Å². The van der Waals surface area contributed by atoms with Gasteiger partial charge in [0.05, 0.1) is 6.10 Å². The number of allylic oxidation sites excluding steroid dienone is 5. The summed E-state index contributed by atoms with van der Waals surface area (Å²) < 4.78 is 0. The smallest absolute Gasteiger partial charge is 0.0755 e. The van der Waals surface area contributed by atoms with Crippen LogP contribution in [0.15, 0.2) is 34.9 Å². The van der Waals surface area contributed by atoms with Crippen molar-refractivity contribution < 1.29 is 5.11 Å². The van der Waals surface area contributed by atoms with Gasteiger partial charge in [0.15, 0.2) is 0 Å². The van der Waals surface area contributed by atoms with Gasteiger partial charge in [-0.15, -0.1) is 0 Å². The topological polar surface area (TPSA) is 20.2 Å². The Kier molecular flexibility index (Phi) is 5.14. The van der Waals surface area contributed by atoms with E-state index >= 15 is 0 Å². The average molecular weight is 288 g/mol. The van der Waals surface area contributed by atoms with Gasteiger partial charge in [0.1, 0.15) is 0 Å². The Morgan fingerprint density at radius 1 is 1.19 bits per heavy atom. The normalized spacial score (nSPS) is 39.7. The van der Waals surface area contributed by atoms with Crippen LogP contribution >= 0.6 is 0 Å². The van der Waals surface area contributed by atoms with E-state index in [0.29, 0.717) is 11.8 Å². The minimum atomic E-state index is -0.295. The minimum absolute atomic E-state index is 0.143. The van der Waals surface area contributed by atoms with E-state index in [9.17, 15) is 5.11 Å². The van der Waals surface area contributed by atoms with Crippen molar-refractivity contribution >= 4 is 0 Å². The van der Waals surface area contributed by atoms with Crippen molar-refractivity contribution in [2.45, 2.75) is 72.8 Å². The summed E-state index contributed by atoms with van der Waals surface area (Å²) in [4.78, 5) is 0. The Morgan fingerprint density at radius 2 is 1.90 bits per heavy atom. The third-order valence-electron chi connectivity index (χ3n) is 5.79. The Hall–Kier alpha value is -0.820. The SMILES string of the molecule is C/C1=C\CC2=CC[C@@H](C(C)C)[C@]2(C)C[C@@H](O)/C(C)=C/CC1. The van der Waals surface area contributed by atoms with Crippen LogP contribution in [-0.4, -0.2) is 11.2 Å². The number of aliphatic hydroxyl groups is 1. The number of hydrogen-bond acceptors (Lipinski definition) is 1. The third kappa shape index (κ3) is 3.51. The van der Waals surface area contributed by atoms with E-state index in [1.807, 2.05) is 0 Å². The zero-order chi connectivity index (χ0) is 15.6. The van der Waals surface area contributed by atoms with Crippen molar-refractivity contribution in [2.75, 3.05) is 0 Å². The summed E-state index contributed by atoms with van der Waals surface area (Å²) in [5, 5.41) is 10.7. The van der Waals surface area contributed by atoms with Crippen molar-refractivity contribution in [3.8, 4) is 0 Å². The van der Waals surface area contributed by atoms with Gasteiger partial charge < -0.3 is 5.11 Å². The van der Waals surface area contributed by atoms with Crippen LogP contribution in [0.3, 0.4) is 0 Å². The first-order valence-electron chi connectivity index (χ1n) is 8.54. The summed E-state index contributed by atoms with van der Waals surface area (Å²) in [6, 6.07) is 0. The molecule has 0 heterocycles. The van der Waals surface area contributed by atoms with E-state index in [0.717, 1.165) is 31.3 Å². The molecule has 0 bridgehead atoms. The molecule has 0 aromatic heterocycles. The van der Waals surface area contributed by atoms with Gasteiger partial charge in [-0.25, -0.2) is 0 Å². The highest BCUT2D eigenvalue weighted by Crippen LogP contribution is 2.52. The molecular weight excluding hydrogens is 256 g/mol. The fraction of sp³-hybridized carbons (Fsp3) is 0.700. The molecule has 21 heavy (non-hydrogen) atoms. The van der Waals surface area contributed by atoms with E-state index in [1.54, 1.807) is 5.57 Å². The second kappa shape index (κ2) is 6.52. The van der Waals surface area contributed by atoms with Gasteiger partial charge >= 0.3 is 0 Å². The highest BCUT2D eigenvalue weighted by molar-refractivity contribution is 5.27. The molecule has 118 valence electrons. The molecule has 2 rings (SSSR count). The molecule has 3 atom stereocenters. The maximum atomic E-state index is 10.7. The standard InChI is InChI=1S/C20H32O/c1-14(2)18-12-11-17-10-9-15(3)7-6-8-16(4)19(21)13-20(17,18)5/h8-9,11,14,18-19,21H,6-7,10,12-13H2,1-5H3/b15-9+,16-8+/t18-,19+,20+/m0/s1. The molecule has 1 N–H and O–H groups in total. The molecule has 0 unspecified atom stereocenters. The molecule has 0 saturated heterocycles. The van der Waals surface area contributed by atoms with Gasteiger partial charge in [0, 0.05) is 0 Å². The molecule has 0 radical (unpaired) electrons. The van der Waals surface area contributed by atoms with E-state index in [-0.39, 0.29) is 11.5 Å². The molecule has 1 nitrogen and oxygen atoms in total. The Balaban J connectivity index is 2.36. The van der Waals surface area contributed by atoms with Crippen molar-refractivity contribution in [2.24, 2.45) is 17.3 Å². The maximum Gasteiger partial charge on any atom is 0.0755 e. The van der Waals surface area contributed by atoms with E-state index in [1.165, 1.54) is 12.0 Å². The van der Waals surface area contributed by atoms with Crippen LogP contribution in [-0.2, 0) is 0 Å². The Labute approximate surface area is 130 Å². The molecule has 0 amide bonds. The first kappa shape index (κ1) is 16.5. The van der Waals surface area contributed by atoms with Crippen LogP contribution in [0.25, 0.3) is 0 Å². The van der Waals surface area contributed by atoms with E-state index in [4.69, 9.17) is 0 Å². The summed E-state index contributed by atoms with van der Waals surface area (Å²) in [6.45, 7) is 11.4. The van der Waals surface area contributed by atoms with Gasteiger partial charge in [-0.05, 0) is 68.8 Å². The predicted octanol–water partition coefficient (Wildman–Crippen LogP) is 5.42. The number of aliphatic hydroxyl groups excluding tert-OH is 1. The summed E-state index contributed by atoms with van der Waals surface area (Å²) >= 11 is 0. The second-order valence-electron chi connectivity index (χ2n) is 7.69. The second-order valence-corrected chi connectivity index (χ2v) is 7.69. The number of rotatable bonds is 1. The van der Waals surface area contributed by atoms with Crippen LogP contribution in [0.5, 0.6) is 0 Å². The van der Waals surface area contributed by atoms with Gasteiger partial charge in [0.25, 0.3) is 0 Å². The number of hydrogen-bond donors (Lipinski definition) is 1. The lowest BCUT2D eigenvalue weighted by Gasteiger charge is -2.39. The molecule has 1 heteroatoms. The third-order valence-corrected chi connectivity index (χ3v) is 5.79. The van der Waals surface area contributed by atoms with Crippen LogP contribution in [0.4, 0.5) is 0 Å². The molecule has 0 fully saturated rings. The number of fused-ring (bicyclic) bond motifs is 1. The lowest BCUT2D eigenvalue weighted by atomic mass is 9.66. The highest BCUT2D eigenvalue weighted by Gasteiger charge is 2.43. The summed E-state index contributed by atoms with van der Waals surface area (Å²) in [6.07, 6.45) is 12.1. The van der Waals surface area contributed by atoms with E-state index in [2.05, 4.69) is 52.8 Å². The molecule has 0 spiro atoms.